The summed E-state index contributed by atoms with van der Waals surface area (Å²) in [6.45, 7) is 10.3. The van der Waals surface area contributed by atoms with E-state index in [-0.39, 0.29) is 0 Å². The Morgan fingerprint density at radius 2 is 1.88 bits per heavy atom. The van der Waals surface area contributed by atoms with E-state index in [0.29, 0.717) is 29.6 Å². The second kappa shape index (κ2) is 6.82. The lowest BCUT2D eigenvalue weighted by atomic mass is 10.2. The number of pyridine rings is 1. The van der Waals surface area contributed by atoms with Gasteiger partial charge in [-0.25, -0.2) is 4.98 Å². The summed E-state index contributed by atoms with van der Waals surface area (Å²) >= 11 is 5.75. The Hall–Kier alpha value is -0.800. The molecule has 0 atom stereocenters. The van der Waals surface area contributed by atoms with Crippen LogP contribution in [-0.2, 0) is 0 Å². The van der Waals surface area contributed by atoms with Crippen LogP contribution in [0.2, 0.25) is 5.02 Å². The van der Waals surface area contributed by atoms with Gasteiger partial charge in [-0.2, -0.15) is 0 Å². The minimum atomic E-state index is 0.525. The molecule has 96 valence electrons. The number of nitrogens with zero attached hydrogens (tertiary/aromatic N) is 2. The minimum absolute atomic E-state index is 0.525. The van der Waals surface area contributed by atoms with Crippen LogP contribution in [0.15, 0.2) is 18.3 Å². The van der Waals surface area contributed by atoms with Crippen molar-refractivity contribution in [3.8, 4) is 5.88 Å². The molecule has 0 aromatic carbocycles. The first-order valence-corrected chi connectivity index (χ1v) is 6.38. The van der Waals surface area contributed by atoms with Crippen LogP contribution in [0.1, 0.15) is 27.7 Å². The van der Waals surface area contributed by atoms with E-state index in [1.54, 1.807) is 18.3 Å². The standard InChI is InChI=1S/C13H21ClN2O/c1-10(2)16(11(3)4)7-8-17-13-6-5-12(14)9-15-13/h5-6,9-11H,7-8H2,1-4H3. The van der Waals surface area contributed by atoms with Crippen LogP contribution in [0.3, 0.4) is 0 Å². The van der Waals surface area contributed by atoms with Gasteiger partial charge in [-0.3, -0.25) is 4.90 Å². The highest BCUT2D eigenvalue weighted by atomic mass is 35.5. The fourth-order valence-corrected chi connectivity index (χ4v) is 1.93. The molecule has 4 heteroatoms. The number of aromatic nitrogens is 1. The summed E-state index contributed by atoms with van der Waals surface area (Å²) in [6, 6.07) is 4.62. The zero-order valence-electron chi connectivity index (χ0n) is 11.0. The van der Waals surface area contributed by atoms with Gasteiger partial charge in [-0.1, -0.05) is 11.6 Å². The first-order valence-electron chi connectivity index (χ1n) is 6.00. The van der Waals surface area contributed by atoms with Gasteiger partial charge in [0.15, 0.2) is 0 Å². The normalized spacial score (nSPS) is 11.5. The molecule has 0 bridgehead atoms. The highest BCUT2D eigenvalue weighted by Crippen LogP contribution is 2.11. The van der Waals surface area contributed by atoms with E-state index in [0.717, 1.165) is 6.54 Å². The third-order valence-electron chi connectivity index (χ3n) is 2.63. The van der Waals surface area contributed by atoms with Crippen LogP contribution in [0.25, 0.3) is 0 Å². The maximum Gasteiger partial charge on any atom is 0.213 e. The van der Waals surface area contributed by atoms with Gasteiger partial charge in [0.1, 0.15) is 6.61 Å². The van der Waals surface area contributed by atoms with E-state index in [2.05, 4.69) is 37.6 Å². The molecule has 0 saturated carbocycles. The lowest BCUT2D eigenvalue weighted by Crippen LogP contribution is -2.39. The van der Waals surface area contributed by atoms with E-state index >= 15 is 0 Å². The lowest BCUT2D eigenvalue weighted by molar-refractivity contribution is 0.140. The van der Waals surface area contributed by atoms with Crippen LogP contribution in [0.5, 0.6) is 5.88 Å². The van der Waals surface area contributed by atoms with Gasteiger partial charge in [0.05, 0.1) is 5.02 Å². The van der Waals surface area contributed by atoms with Crippen molar-refractivity contribution < 1.29 is 4.74 Å². The highest BCUT2D eigenvalue weighted by molar-refractivity contribution is 6.30. The highest BCUT2D eigenvalue weighted by Gasteiger charge is 2.12. The summed E-state index contributed by atoms with van der Waals surface area (Å²) in [6.07, 6.45) is 1.60. The Morgan fingerprint density at radius 1 is 1.24 bits per heavy atom. The van der Waals surface area contributed by atoms with E-state index in [1.165, 1.54) is 0 Å². The molecular weight excluding hydrogens is 236 g/mol. The molecule has 0 fully saturated rings. The van der Waals surface area contributed by atoms with Crippen LogP contribution < -0.4 is 4.74 Å². The topological polar surface area (TPSA) is 25.4 Å². The molecule has 0 aliphatic carbocycles. The molecule has 1 rings (SSSR count). The van der Waals surface area contributed by atoms with Crippen LogP contribution in [0.4, 0.5) is 0 Å². The van der Waals surface area contributed by atoms with Crippen LogP contribution >= 0.6 is 11.6 Å². The van der Waals surface area contributed by atoms with Crippen LogP contribution in [-0.4, -0.2) is 35.1 Å². The number of hydrogen-bond acceptors (Lipinski definition) is 3. The molecule has 0 spiro atoms. The lowest BCUT2D eigenvalue weighted by Gasteiger charge is -2.30. The first kappa shape index (κ1) is 14.3. The predicted molar refractivity (Wildman–Crippen MR) is 71.7 cm³/mol. The number of halogens is 1. The molecule has 0 aliphatic heterocycles. The zero-order chi connectivity index (χ0) is 12.8. The summed E-state index contributed by atoms with van der Waals surface area (Å²) in [7, 11) is 0. The number of hydrogen-bond donors (Lipinski definition) is 0. The predicted octanol–water partition coefficient (Wildman–Crippen LogP) is 3.23. The van der Waals surface area contributed by atoms with Crippen LogP contribution in [0, 0.1) is 0 Å². The second-order valence-electron chi connectivity index (χ2n) is 4.59. The number of rotatable bonds is 6. The smallest absolute Gasteiger partial charge is 0.213 e. The molecule has 0 unspecified atom stereocenters. The molecule has 0 amide bonds. The summed E-state index contributed by atoms with van der Waals surface area (Å²) in [5.74, 6) is 0.627. The average molecular weight is 257 g/mol. The van der Waals surface area contributed by atoms with Crippen molar-refractivity contribution in [2.24, 2.45) is 0 Å². The molecular formula is C13H21ClN2O. The Kier molecular flexibility index (Phi) is 5.72. The first-order chi connectivity index (χ1) is 8.00. The molecule has 0 N–H and O–H groups in total. The Morgan fingerprint density at radius 3 is 2.35 bits per heavy atom. The monoisotopic (exact) mass is 256 g/mol. The summed E-state index contributed by atoms with van der Waals surface area (Å²) in [4.78, 5) is 6.48. The van der Waals surface area contributed by atoms with Gasteiger partial charge >= 0.3 is 0 Å². The van der Waals surface area contributed by atoms with E-state index in [1.807, 2.05) is 0 Å². The maximum absolute atomic E-state index is 5.75. The van der Waals surface area contributed by atoms with Crippen molar-refractivity contribution in [2.45, 2.75) is 39.8 Å². The van der Waals surface area contributed by atoms with Gasteiger partial charge in [-0.05, 0) is 33.8 Å². The quantitative estimate of drug-likeness (QED) is 0.781. The van der Waals surface area contributed by atoms with Crippen molar-refractivity contribution in [1.29, 1.82) is 0 Å². The Balaban J connectivity index is 2.38. The van der Waals surface area contributed by atoms with Crippen molar-refractivity contribution in [3.05, 3.63) is 23.4 Å². The molecule has 1 aromatic heterocycles. The van der Waals surface area contributed by atoms with Gasteiger partial charge in [-0.15, -0.1) is 0 Å². The second-order valence-corrected chi connectivity index (χ2v) is 5.02. The third kappa shape index (κ3) is 4.92. The zero-order valence-corrected chi connectivity index (χ0v) is 11.7. The van der Waals surface area contributed by atoms with Gasteiger partial charge in [0.2, 0.25) is 5.88 Å². The molecule has 17 heavy (non-hydrogen) atoms. The van der Waals surface area contributed by atoms with Crippen molar-refractivity contribution in [3.63, 3.8) is 0 Å². The SMILES string of the molecule is CC(C)N(CCOc1ccc(Cl)cn1)C(C)C. The Bertz CT molecular complexity index is 317. The third-order valence-corrected chi connectivity index (χ3v) is 2.85. The van der Waals surface area contributed by atoms with Crippen molar-refractivity contribution in [2.75, 3.05) is 13.2 Å². The van der Waals surface area contributed by atoms with Gasteiger partial charge in [0, 0.05) is 30.9 Å². The van der Waals surface area contributed by atoms with E-state index in [4.69, 9.17) is 16.3 Å². The fraction of sp³-hybridized carbons (Fsp3) is 0.615. The summed E-state index contributed by atoms with van der Waals surface area (Å²) in [5.41, 5.74) is 0. The summed E-state index contributed by atoms with van der Waals surface area (Å²) < 4.78 is 5.58. The minimum Gasteiger partial charge on any atom is -0.476 e. The van der Waals surface area contributed by atoms with Crippen molar-refractivity contribution >= 4 is 11.6 Å². The largest absolute Gasteiger partial charge is 0.476 e. The van der Waals surface area contributed by atoms with Gasteiger partial charge < -0.3 is 4.74 Å². The maximum atomic E-state index is 5.75. The van der Waals surface area contributed by atoms with Crippen molar-refractivity contribution in [1.82, 2.24) is 9.88 Å². The number of ether oxygens (including phenoxy) is 1. The molecule has 0 saturated heterocycles. The molecule has 3 nitrogen and oxygen atoms in total. The molecule has 0 radical (unpaired) electrons. The average Bonchev–Trinajstić information content (AvgIpc) is 2.25. The molecule has 0 aliphatic rings. The summed E-state index contributed by atoms with van der Waals surface area (Å²) in [5, 5.41) is 0.628. The molecule has 1 aromatic rings. The Labute approximate surface area is 109 Å². The fourth-order valence-electron chi connectivity index (χ4n) is 1.82. The van der Waals surface area contributed by atoms with E-state index < -0.39 is 0 Å². The molecule has 1 heterocycles. The van der Waals surface area contributed by atoms with Gasteiger partial charge in [0.25, 0.3) is 0 Å². The van der Waals surface area contributed by atoms with E-state index in [9.17, 15) is 0 Å².